The molecule has 0 fully saturated rings. The molecule has 0 radical (unpaired) electrons. The first-order valence-electron chi connectivity index (χ1n) is 5.64. The van der Waals surface area contributed by atoms with E-state index in [1.54, 1.807) is 7.05 Å². The zero-order valence-corrected chi connectivity index (χ0v) is 10.4. The van der Waals surface area contributed by atoms with Crippen LogP contribution >= 0.6 is 0 Å². The molecule has 1 heterocycles. The Morgan fingerprint density at radius 2 is 2.24 bits per heavy atom. The summed E-state index contributed by atoms with van der Waals surface area (Å²) < 4.78 is 13.5. The number of hydrogen-bond acceptors (Lipinski definition) is 5. The molecular weight excluding hydrogens is 223 g/mol. The van der Waals surface area contributed by atoms with E-state index in [1.165, 1.54) is 0 Å². The highest BCUT2D eigenvalue weighted by Crippen LogP contribution is 2.22. The Balaban J connectivity index is 2.92. The van der Waals surface area contributed by atoms with E-state index in [1.807, 2.05) is 13.8 Å². The van der Waals surface area contributed by atoms with Gasteiger partial charge in [-0.05, 0) is 19.8 Å². The Morgan fingerprint density at radius 3 is 2.76 bits per heavy atom. The highest BCUT2D eigenvalue weighted by molar-refractivity contribution is 5.42. The summed E-state index contributed by atoms with van der Waals surface area (Å²) in [7, 11) is 1.67. The first-order chi connectivity index (χ1) is 8.04. The monoisotopic (exact) mass is 242 g/mol. The second-order valence-electron chi connectivity index (χ2n) is 4.15. The van der Waals surface area contributed by atoms with Crippen LogP contribution in [0.2, 0.25) is 0 Å². The third-order valence-electron chi connectivity index (χ3n) is 2.83. The number of halogens is 1. The van der Waals surface area contributed by atoms with Gasteiger partial charge >= 0.3 is 0 Å². The number of aliphatic hydroxyl groups is 1. The zero-order valence-electron chi connectivity index (χ0n) is 10.4. The van der Waals surface area contributed by atoms with Crippen molar-refractivity contribution in [3.8, 4) is 0 Å². The number of anilines is 2. The molecule has 96 valence electrons. The van der Waals surface area contributed by atoms with E-state index in [2.05, 4.69) is 20.6 Å². The van der Waals surface area contributed by atoms with Crippen molar-refractivity contribution in [3.63, 3.8) is 0 Å². The quantitative estimate of drug-likeness (QED) is 0.707. The minimum Gasteiger partial charge on any atom is -0.396 e. The molecule has 17 heavy (non-hydrogen) atoms. The van der Waals surface area contributed by atoms with E-state index in [0.717, 1.165) is 12.6 Å². The van der Waals surface area contributed by atoms with Crippen molar-refractivity contribution in [3.05, 3.63) is 12.0 Å². The lowest BCUT2D eigenvalue weighted by atomic mass is 9.95. The summed E-state index contributed by atoms with van der Waals surface area (Å²) in [6, 6.07) is 0. The van der Waals surface area contributed by atoms with E-state index in [4.69, 9.17) is 5.11 Å². The minimum atomic E-state index is -0.499. The zero-order chi connectivity index (χ0) is 12.9. The molecule has 1 aromatic rings. The predicted molar refractivity (Wildman–Crippen MR) is 65.6 cm³/mol. The molecule has 1 atom stereocenters. The molecule has 0 aliphatic heterocycles. The van der Waals surface area contributed by atoms with Crippen molar-refractivity contribution in [2.45, 2.75) is 32.2 Å². The largest absolute Gasteiger partial charge is 0.396 e. The maximum atomic E-state index is 13.5. The third kappa shape index (κ3) is 3.52. The average Bonchev–Trinajstić information content (AvgIpc) is 2.32. The van der Waals surface area contributed by atoms with Crippen LogP contribution in [-0.2, 0) is 0 Å². The van der Waals surface area contributed by atoms with Gasteiger partial charge in [0.1, 0.15) is 0 Å². The summed E-state index contributed by atoms with van der Waals surface area (Å²) in [5, 5.41) is 14.8. The molecule has 1 rings (SSSR count). The standard InChI is InChI=1S/C11H19FN4O/c1-4-11(2,5-6-17)16-9-8(12)7-14-10(13-3)15-9/h7,17H,4-6H2,1-3H3,(H2,13,14,15,16). The first-order valence-corrected chi connectivity index (χ1v) is 5.64. The molecule has 0 aliphatic carbocycles. The summed E-state index contributed by atoms with van der Waals surface area (Å²) >= 11 is 0. The van der Waals surface area contributed by atoms with Crippen LogP contribution in [-0.4, -0.2) is 34.3 Å². The lowest BCUT2D eigenvalue weighted by molar-refractivity contribution is 0.251. The SMILES string of the molecule is CCC(C)(CCO)Nc1nc(NC)ncc1F. The van der Waals surface area contributed by atoms with Gasteiger partial charge in [-0.3, -0.25) is 0 Å². The van der Waals surface area contributed by atoms with Crippen LogP contribution in [0, 0.1) is 5.82 Å². The van der Waals surface area contributed by atoms with Gasteiger partial charge in [0.2, 0.25) is 5.95 Å². The van der Waals surface area contributed by atoms with Gasteiger partial charge in [0, 0.05) is 19.2 Å². The van der Waals surface area contributed by atoms with Crippen molar-refractivity contribution in [2.24, 2.45) is 0 Å². The smallest absolute Gasteiger partial charge is 0.224 e. The van der Waals surface area contributed by atoms with E-state index in [9.17, 15) is 4.39 Å². The number of nitrogens with zero attached hydrogens (tertiary/aromatic N) is 2. The molecule has 0 aromatic carbocycles. The molecule has 5 nitrogen and oxygen atoms in total. The van der Waals surface area contributed by atoms with Gasteiger partial charge in [-0.15, -0.1) is 0 Å². The molecule has 1 aromatic heterocycles. The summed E-state index contributed by atoms with van der Waals surface area (Å²) in [5.41, 5.74) is -0.380. The van der Waals surface area contributed by atoms with E-state index < -0.39 is 5.82 Å². The molecule has 0 bridgehead atoms. The lowest BCUT2D eigenvalue weighted by Gasteiger charge is -2.29. The molecule has 1 unspecified atom stereocenters. The molecule has 0 saturated heterocycles. The Bertz CT molecular complexity index is 374. The maximum Gasteiger partial charge on any atom is 0.224 e. The molecule has 3 N–H and O–H groups in total. The fourth-order valence-electron chi connectivity index (χ4n) is 1.44. The van der Waals surface area contributed by atoms with Gasteiger partial charge < -0.3 is 15.7 Å². The van der Waals surface area contributed by atoms with E-state index in [0.29, 0.717) is 12.4 Å². The van der Waals surface area contributed by atoms with Crippen LogP contribution in [0.4, 0.5) is 16.2 Å². The Labute approximate surface area is 100 Å². The Morgan fingerprint density at radius 1 is 1.53 bits per heavy atom. The number of aliphatic hydroxyl groups excluding tert-OH is 1. The van der Waals surface area contributed by atoms with Crippen LogP contribution in [0.3, 0.4) is 0 Å². The van der Waals surface area contributed by atoms with Gasteiger partial charge in [-0.25, -0.2) is 9.37 Å². The maximum absolute atomic E-state index is 13.5. The van der Waals surface area contributed by atoms with Gasteiger partial charge in [0.25, 0.3) is 0 Å². The van der Waals surface area contributed by atoms with Crippen LogP contribution < -0.4 is 10.6 Å². The van der Waals surface area contributed by atoms with Crippen molar-refractivity contribution < 1.29 is 9.50 Å². The average molecular weight is 242 g/mol. The molecular formula is C11H19FN4O. The minimum absolute atomic E-state index is 0.0446. The number of nitrogens with one attached hydrogen (secondary N) is 2. The number of aromatic nitrogens is 2. The van der Waals surface area contributed by atoms with Crippen LogP contribution in [0.25, 0.3) is 0 Å². The van der Waals surface area contributed by atoms with Gasteiger partial charge in [-0.2, -0.15) is 4.98 Å². The molecule has 0 saturated carbocycles. The Kier molecular flexibility index (Phi) is 4.62. The van der Waals surface area contributed by atoms with Gasteiger partial charge in [-0.1, -0.05) is 6.92 Å². The molecule has 0 aliphatic rings. The summed E-state index contributed by atoms with van der Waals surface area (Å²) in [5.74, 6) is 0.0140. The third-order valence-corrected chi connectivity index (χ3v) is 2.83. The number of rotatable bonds is 6. The summed E-state index contributed by atoms with van der Waals surface area (Å²) in [6.07, 6.45) is 2.41. The van der Waals surface area contributed by atoms with Crippen molar-refractivity contribution in [1.29, 1.82) is 0 Å². The molecule has 0 amide bonds. The first kappa shape index (κ1) is 13.6. The fraction of sp³-hybridized carbons (Fsp3) is 0.636. The Hall–Kier alpha value is -1.43. The highest BCUT2D eigenvalue weighted by Gasteiger charge is 2.23. The topological polar surface area (TPSA) is 70.1 Å². The van der Waals surface area contributed by atoms with Crippen molar-refractivity contribution in [1.82, 2.24) is 9.97 Å². The highest BCUT2D eigenvalue weighted by atomic mass is 19.1. The van der Waals surface area contributed by atoms with Crippen molar-refractivity contribution >= 4 is 11.8 Å². The van der Waals surface area contributed by atoms with Crippen LogP contribution in [0.15, 0.2) is 6.20 Å². The van der Waals surface area contributed by atoms with E-state index >= 15 is 0 Å². The normalized spacial score (nSPS) is 14.2. The lowest BCUT2D eigenvalue weighted by Crippen LogP contribution is -2.35. The van der Waals surface area contributed by atoms with Gasteiger partial charge in [0.05, 0.1) is 6.20 Å². The summed E-state index contributed by atoms with van der Waals surface area (Å²) in [6.45, 7) is 3.94. The predicted octanol–water partition coefficient (Wildman–Crippen LogP) is 1.62. The van der Waals surface area contributed by atoms with Crippen LogP contribution in [0.1, 0.15) is 26.7 Å². The fourth-order valence-corrected chi connectivity index (χ4v) is 1.44. The van der Waals surface area contributed by atoms with Crippen molar-refractivity contribution in [2.75, 3.05) is 24.3 Å². The second-order valence-corrected chi connectivity index (χ2v) is 4.15. The van der Waals surface area contributed by atoms with Crippen LogP contribution in [0.5, 0.6) is 0 Å². The molecule has 0 spiro atoms. The summed E-state index contributed by atoms with van der Waals surface area (Å²) in [4.78, 5) is 7.79. The second kappa shape index (κ2) is 5.77. The van der Waals surface area contributed by atoms with Gasteiger partial charge in [0.15, 0.2) is 11.6 Å². The molecule has 6 heteroatoms. The number of hydrogen-bond donors (Lipinski definition) is 3. The van der Waals surface area contributed by atoms with E-state index in [-0.39, 0.29) is 18.0 Å².